The van der Waals surface area contributed by atoms with Crippen LogP contribution in [0.1, 0.15) is 63.8 Å². The predicted molar refractivity (Wildman–Crippen MR) is 143 cm³/mol. The molecule has 0 unspecified atom stereocenters. The minimum atomic E-state index is -0.826. The van der Waals surface area contributed by atoms with Gasteiger partial charge in [-0.1, -0.05) is 53.7 Å². The van der Waals surface area contributed by atoms with Crippen molar-refractivity contribution in [2.24, 2.45) is 0 Å². The molecule has 33 heavy (non-hydrogen) atoms. The van der Waals surface area contributed by atoms with Crippen LogP contribution in [0.25, 0.3) is 0 Å². The quantitative estimate of drug-likeness (QED) is 0.389. The van der Waals surface area contributed by atoms with Gasteiger partial charge in [-0.05, 0) is 47.9 Å². The number of aryl methyl sites for hydroxylation is 2. The molecular weight excluding hydrogens is 534 g/mol. The summed E-state index contributed by atoms with van der Waals surface area (Å²) >= 11 is -0.826. The van der Waals surface area contributed by atoms with Crippen LogP contribution in [-0.2, 0) is 31.7 Å². The fourth-order valence-electron chi connectivity index (χ4n) is 3.34. The number of anilines is 2. The van der Waals surface area contributed by atoms with Gasteiger partial charge >= 0.3 is 37.9 Å². The molecule has 0 aliphatic carbocycles. The van der Waals surface area contributed by atoms with E-state index in [1.165, 1.54) is 11.1 Å². The molecule has 0 bridgehead atoms. The van der Waals surface area contributed by atoms with Crippen molar-refractivity contribution in [3.63, 3.8) is 0 Å². The second-order valence-corrected chi connectivity index (χ2v) is 14.5. The van der Waals surface area contributed by atoms with E-state index in [0.29, 0.717) is 11.5 Å². The van der Waals surface area contributed by atoms with E-state index < -0.39 is 20.8 Å². The second-order valence-electron chi connectivity index (χ2n) is 10.7. The first-order valence-electron chi connectivity index (χ1n) is 10.9. The summed E-state index contributed by atoms with van der Waals surface area (Å²) in [6, 6.07) is 8.12. The topological polar surface area (TPSA) is 46.9 Å². The molecule has 0 saturated heterocycles. The monoisotopic (exact) mass is 574 g/mol. The van der Waals surface area contributed by atoms with Crippen LogP contribution in [0.5, 0.6) is 11.5 Å². The van der Waals surface area contributed by atoms with Crippen molar-refractivity contribution in [1.82, 2.24) is 0 Å². The fourth-order valence-corrected chi connectivity index (χ4v) is 3.34. The molecule has 0 radical (unpaired) electrons. The van der Waals surface area contributed by atoms with Gasteiger partial charge in [0.25, 0.3) is 0 Å². The molecule has 4 nitrogen and oxygen atoms in total. The van der Waals surface area contributed by atoms with Gasteiger partial charge in [0.2, 0.25) is 0 Å². The van der Waals surface area contributed by atoms with E-state index in [2.05, 4.69) is 67.5 Å². The average Bonchev–Trinajstić information content (AvgIpc) is 2.64. The van der Waals surface area contributed by atoms with Gasteiger partial charge in [-0.2, -0.15) is 0 Å². The number of halogens is 2. The molecule has 186 valence electrons. The molecule has 0 aromatic heterocycles. The Hall–Kier alpha value is -0.897. The molecule has 0 amide bonds. The van der Waals surface area contributed by atoms with Crippen LogP contribution in [0.2, 0.25) is 0 Å². The SMILES string of the molecule is Cc1cc(N(C)C)c(O)c(C(C)(C)C)c1.Cc1cc(N(C)C)c(O)c(C(C)(C)C)c1.[Cl][Zr][Cl]. The number of rotatable bonds is 2. The van der Waals surface area contributed by atoms with Gasteiger partial charge in [0, 0.05) is 39.3 Å². The Morgan fingerprint density at radius 1 is 0.636 bits per heavy atom. The summed E-state index contributed by atoms with van der Waals surface area (Å²) in [6.45, 7) is 16.8. The summed E-state index contributed by atoms with van der Waals surface area (Å²) < 4.78 is 0. The normalized spacial score (nSPS) is 11.0. The summed E-state index contributed by atoms with van der Waals surface area (Å²) in [5, 5.41) is 20.4. The first kappa shape index (κ1) is 32.1. The molecule has 2 aromatic rings. The number of phenolic OH excluding ortho intramolecular Hbond substituents is 2. The first-order chi connectivity index (χ1) is 14.9. The Kier molecular flexibility index (Phi) is 12.9. The average molecular weight is 577 g/mol. The van der Waals surface area contributed by atoms with Crippen molar-refractivity contribution in [2.75, 3.05) is 38.0 Å². The Morgan fingerprint density at radius 3 is 1.06 bits per heavy atom. The van der Waals surface area contributed by atoms with Gasteiger partial charge < -0.3 is 20.0 Å². The molecule has 2 N–H and O–H groups in total. The van der Waals surface area contributed by atoms with Crippen LogP contribution in [0.3, 0.4) is 0 Å². The van der Waals surface area contributed by atoms with Crippen LogP contribution < -0.4 is 9.80 Å². The Balaban J connectivity index is 0.000000555. The molecule has 0 aliphatic rings. The standard InChI is InChI=1S/2C13H21NO.2ClH.Zr/c2*1-9-7-10(13(2,3)4)12(15)11(8-9)14(5)6;;;/h2*7-8,15H,1-6H3;2*1H;/q;;;;+2/p-2. The van der Waals surface area contributed by atoms with Gasteiger partial charge in [0.1, 0.15) is 11.5 Å². The summed E-state index contributed by atoms with van der Waals surface area (Å²) in [5.41, 5.74) is 6.10. The Labute approximate surface area is 220 Å². The van der Waals surface area contributed by atoms with Crippen LogP contribution in [0.4, 0.5) is 11.4 Å². The molecule has 0 spiro atoms. The van der Waals surface area contributed by atoms with E-state index in [4.69, 9.17) is 17.0 Å². The van der Waals surface area contributed by atoms with E-state index in [9.17, 15) is 10.2 Å². The van der Waals surface area contributed by atoms with E-state index in [0.717, 1.165) is 22.5 Å². The number of phenols is 2. The fraction of sp³-hybridized carbons (Fsp3) is 0.538. The first-order valence-corrected chi connectivity index (χ1v) is 17.2. The second kappa shape index (κ2) is 13.3. The van der Waals surface area contributed by atoms with Crippen LogP contribution in [0.15, 0.2) is 24.3 Å². The summed E-state index contributed by atoms with van der Waals surface area (Å²) in [6.07, 6.45) is 0. The van der Waals surface area contributed by atoms with Crippen molar-refractivity contribution in [3.05, 3.63) is 46.5 Å². The van der Waals surface area contributed by atoms with Crippen molar-refractivity contribution >= 4 is 28.4 Å². The third-order valence-corrected chi connectivity index (χ3v) is 5.05. The molecule has 2 aromatic carbocycles. The third-order valence-electron chi connectivity index (χ3n) is 5.05. The van der Waals surface area contributed by atoms with Gasteiger partial charge in [0.15, 0.2) is 0 Å². The van der Waals surface area contributed by atoms with Gasteiger partial charge in [-0.25, -0.2) is 0 Å². The molecule has 0 atom stereocenters. The minimum absolute atomic E-state index is 0.0269. The number of aromatic hydroxyl groups is 2. The van der Waals surface area contributed by atoms with Crippen molar-refractivity contribution in [1.29, 1.82) is 0 Å². The zero-order valence-electron chi connectivity index (χ0n) is 22.4. The maximum atomic E-state index is 10.2. The Morgan fingerprint density at radius 2 is 0.879 bits per heavy atom. The van der Waals surface area contributed by atoms with Gasteiger partial charge in [0.05, 0.1) is 11.4 Å². The van der Waals surface area contributed by atoms with Crippen LogP contribution in [-0.4, -0.2) is 38.4 Å². The number of nitrogens with zero attached hydrogens (tertiary/aromatic N) is 2. The van der Waals surface area contributed by atoms with Crippen LogP contribution in [0, 0.1) is 13.8 Å². The number of hydrogen-bond acceptors (Lipinski definition) is 4. The van der Waals surface area contributed by atoms with E-state index in [1.54, 1.807) is 0 Å². The van der Waals surface area contributed by atoms with Crippen molar-refractivity contribution in [2.45, 2.75) is 66.2 Å². The zero-order valence-corrected chi connectivity index (χ0v) is 26.3. The molecule has 7 heteroatoms. The van der Waals surface area contributed by atoms with E-state index in [-0.39, 0.29) is 10.8 Å². The number of hydrogen-bond donors (Lipinski definition) is 2. The summed E-state index contributed by atoms with van der Waals surface area (Å²) in [4.78, 5) is 3.88. The van der Waals surface area contributed by atoms with E-state index >= 15 is 0 Å². The van der Waals surface area contributed by atoms with Crippen LogP contribution >= 0.6 is 17.0 Å². The zero-order chi connectivity index (χ0) is 26.3. The summed E-state index contributed by atoms with van der Waals surface area (Å²) in [5.74, 6) is 0.802. The summed E-state index contributed by atoms with van der Waals surface area (Å²) in [7, 11) is 17.6. The maximum absolute atomic E-state index is 10.2. The van der Waals surface area contributed by atoms with Gasteiger partial charge in [-0.15, -0.1) is 0 Å². The van der Waals surface area contributed by atoms with Crippen molar-refractivity contribution < 1.29 is 31.1 Å². The predicted octanol–water partition coefficient (Wildman–Crippen LogP) is 7.50. The Bertz CT molecular complexity index is 829. The molecule has 0 aliphatic heterocycles. The number of benzene rings is 2. The third kappa shape index (κ3) is 10.1. The van der Waals surface area contributed by atoms with Crippen molar-refractivity contribution in [3.8, 4) is 11.5 Å². The molecular formula is C26H42Cl2N2O2Zr. The van der Waals surface area contributed by atoms with E-state index in [1.807, 2.05) is 50.1 Å². The molecule has 0 fully saturated rings. The van der Waals surface area contributed by atoms with Gasteiger partial charge in [-0.3, -0.25) is 0 Å². The molecule has 2 rings (SSSR count). The molecule has 0 saturated carbocycles. The molecule has 0 heterocycles.